The maximum absolute atomic E-state index is 13.0. The number of rotatable bonds is 4. The molecule has 1 aromatic rings. The first kappa shape index (κ1) is 15.7. The molecule has 1 N–H and O–H groups in total. The van der Waals surface area contributed by atoms with Gasteiger partial charge in [0.2, 0.25) is 5.91 Å². The van der Waals surface area contributed by atoms with E-state index in [1.165, 1.54) is 32.1 Å². The van der Waals surface area contributed by atoms with Crippen LogP contribution in [0.25, 0.3) is 0 Å². The summed E-state index contributed by atoms with van der Waals surface area (Å²) in [6.07, 6.45) is 6.40. The molecule has 1 heterocycles. The normalized spacial score (nSPS) is 33.5. The smallest absolute Gasteiger partial charge is 0.286 e. The highest BCUT2D eigenvalue weighted by molar-refractivity contribution is 5.91. The lowest BCUT2D eigenvalue weighted by Gasteiger charge is -2.54. The molecule has 0 aromatic carbocycles. The molecule has 0 unspecified atom stereocenters. The van der Waals surface area contributed by atoms with Crippen LogP contribution >= 0.6 is 0 Å². The second-order valence-electron chi connectivity index (χ2n) is 8.00. The van der Waals surface area contributed by atoms with Crippen molar-refractivity contribution >= 4 is 11.8 Å². The Morgan fingerprint density at radius 2 is 1.75 bits per heavy atom. The van der Waals surface area contributed by atoms with E-state index in [1.54, 1.807) is 24.1 Å². The molecule has 0 radical (unpaired) electrons. The topological polar surface area (TPSA) is 62.6 Å². The molecule has 0 aliphatic heterocycles. The highest BCUT2D eigenvalue weighted by atomic mass is 16.4. The van der Waals surface area contributed by atoms with Crippen molar-refractivity contribution in [2.24, 2.45) is 29.6 Å². The van der Waals surface area contributed by atoms with Gasteiger partial charge in [0.25, 0.3) is 5.91 Å². The molecule has 24 heavy (non-hydrogen) atoms. The summed E-state index contributed by atoms with van der Waals surface area (Å²) in [6.45, 7) is 0.429. The number of hydrogen-bond acceptors (Lipinski definition) is 3. The van der Waals surface area contributed by atoms with Gasteiger partial charge in [-0.25, -0.2) is 0 Å². The van der Waals surface area contributed by atoms with Crippen LogP contribution in [0.15, 0.2) is 16.5 Å². The van der Waals surface area contributed by atoms with E-state index in [0.717, 1.165) is 11.8 Å². The highest BCUT2D eigenvalue weighted by Gasteiger charge is 2.51. The zero-order valence-electron chi connectivity index (χ0n) is 14.5. The van der Waals surface area contributed by atoms with Crippen LogP contribution in [-0.4, -0.2) is 30.8 Å². The highest BCUT2D eigenvalue weighted by Crippen LogP contribution is 2.56. The zero-order valence-corrected chi connectivity index (χ0v) is 14.5. The summed E-state index contributed by atoms with van der Waals surface area (Å²) in [4.78, 5) is 26.4. The fraction of sp³-hybridized carbons (Fsp3) is 0.684. The number of carbonyl (C=O) groups is 2. The zero-order chi connectivity index (χ0) is 16.8. The van der Waals surface area contributed by atoms with E-state index in [-0.39, 0.29) is 17.7 Å². The van der Waals surface area contributed by atoms with Gasteiger partial charge in [-0.3, -0.25) is 9.59 Å². The predicted molar refractivity (Wildman–Crippen MR) is 89.1 cm³/mol. The Morgan fingerprint density at radius 1 is 1.12 bits per heavy atom. The number of hydrogen-bond donors (Lipinski definition) is 1. The van der Waals surface area contributed by atoms with Crippen LogP contribution in [0.1, 0.15) is 48.4 Å². The molecule has 5 rings (SSSR count). The minimum Gasteiger partial charge on any atom is -0.454 e. The van der Waals surface area contributed by atoms with Crippen molar-refractivity contribution in [2.45, 2.75) is 38.6 Å². The molecule has 0 spiro atoms. The molecule has 5 nitrogen and oxygen atoms in total. The van der Waals surface area contributed by atoms with Crippen LogP contribution in [0, 0.1) is 29.6 Å². The Kier molecular flexibility index (Phi) is 3.89. The molecule has 2 amide bonds. The first-order chi connectivity index (χ1) is 11.5. The molecule has 0 saturated heterocycles. The van der Waals surface area contributed by atoms with Crippen LogP contribution in [-0.2, 0) is 11.3 Å². The second kappa shape index (κ2) is 5.94. The van der Waals surface area contributed by atoms with Crippen molar-refractivity contribution in [3.63, 3.8) is 0 Å². The van der Waals surface area contributed by atoms with Crippen LogP contribution in [0.5, 0.6) is 0 Å². The minimum atomic E-state index is -0.240. The SMILES string of the molecule is CNC(=O)c1ccc(CN(C)C(=O)C2C3CC4CC(C3)CC2C4)o1. The Bertz CT molecular complexity index is 623. The lowest BCUT2D eigenvalue weighted by atomic mass is 9.51. The predicted octanol–water partition coefficient (Wildman–Crippen LogP) is 2.67. The van der Waals surface area contributed by atoms with Gasteiger partial charge < -0.3 is 14.6 Å². The molecule has 4 aliphatic carbocycles. The van der Waals surface area contributed by atoms with Gasteiger partial charge in [0, 0.05) is 20.0 Å². The molecule has 4 saturated carbocycles. The first-order valence-electron chi connectivity index (χ1n) is 9.11. The summed E-state index contributed by atoms with van der Waals surface area (Å²) in [7, 11) is 3.43. The lowest BCUT2D eigenvalue weighted by molar-refractivity contribution is -0.148. The fourth-order valence-electron chi connectivity index (χ4n) is 5.60. The molecule has 4 fully saturated rings. The Balaban J connectivity index is 1.43. The van der Waals surface area contributed by atoms with Crippen molar-refractivity contribution in [3.8, 4) is 0 Å². The van der Waals surface area contributed by atoms with Gasteiger partial charge in [-0.2, -0.15) is 0 Å². The fourth-order valence-corrected chi connectivity index (χ4v) is 5.60. The van der Waals surface area contributed by atoms with Crippen LogP contribution < -0.4 is 5.32 Å². The molecular weight excluding hydrogens is 304 g/mol. The van der Waals surface area contributed by atoms with E-state index in [9.17, 15) is 9.59 Å². The second-order valence-corrected chi connectivity index (χ2v) is 8.00. The van der Waals surface area contributed by atoms with Gasteiger partial charge in [-0.05, 0) is 67.9 Å². The van der Waals surface area contributed by atoms with Gasteiger partial charge in [0.1, 0.15) is 5.76 Å². The average Bonchev–Trinajstić information content (AvgIpc) is 3.01. The quantitative estimate of drug-likeness (QED) is 0.923. The van der Waals surface area contributed by atoms with Crippen molar-refractivity contribution < 1.29 is 14.0 Å². The molecule has 5 heteroatoms. The van der Waals surface area contributed by atoms with Gasteiger partial charge in [0.15, 0.2) is 5.76 Å². The monoisotopic (exact) mass is 330 g/mol. The van der Waals surface area contributed by atoms with E-state index in [1.807, 2.05) is 7.05 Å². The van der Waals surface area contributed by atoms with Crippen LogP contribution in [0.2, 0.25) is 0 Å². The third-order valence-corrected chi connectivity index (χ3v) is 6.39. The molecule has 1 aromatic heterocycles. The van der Waals surface area contributed by atoms with E-state index in [0.29, 0.717) is 29.9 Å². The van der Waals surface area contributed by atoms with Crippen LogP contribution in [0.3, 0.4) is 0 Å². The number of nitrogens with one attached hydrogen (secondary N) is 1. The van der Waals surface area contributed by atoms with E-state index < -0.39 is 0 Å². The van der Waals surface area contributed by atoms with Crippen molar-refractivity contribution in [3.05, 3.63) is 23.7 Å². The Morgan fingerprint density at radius 3 is 2.33 bits per heavy atom. The summed E-state index contributed by atoms with van der Waals surface area (Å²) in [5.41, 5.74) is 0. The van der Waals surface area contributed by atoms with Gasteiger partial charge in [0.05, 0.1) is 6.54 Å². The van der Waals surface area contributed by atoms with E-state index in [4.69, 9.17) is 4.42 Å². The summed E-state index contributed by atoms with van der Waals surface area (Å²) in [5, 5.41) is 2.54. The van der Waals surface area contributed by atoms with Gasteiger partial charge in [-0.1, -0.05) is 0 Å². The lowest BCUT2D eigenvalue weighted by Crippen LogP contribution is -2.51. The van der Waals surface area contributed by atoms with Crippen LogP contribution in [0.4, 0.5) is 0 Å². The van der Waals surface area contributed by atoms with Crippen molar-refractivity contribution in [2.75, 3.05) is 14.1 Å². The number of furan rings is 1. The summed E-state index contributed by atoms with van der Waals surface area (Å²) < 4.78 is 5.56. The molecule has 4 aliphatic rings. The maximum Gasteiger partial charge on any atom is 0.286 e. The number of amides is 2. The third-order valence-electron chi connectivity index (χ3n) is 6.39. The first-order valence-corrected chi connectivity index (χ1v) is 9.11. The van der Waals surface area contributed by atoms with Crippen molar-refractivity contribution in [1.82, 2.24) is 10.2 Å². The largest absolute Gasteiger partial charge is 0.454 e. The van der Waals surface area contributed by atoms with Gasteiger partial charge >= 0.3 is 0 Å². The summed E-state index contributed by atoms with van der Waals surface area (Å²) in [6, 6.07) is 3.45. The standard InChI is InChI=1S/C19H26N2O3/c1-20-18(22)16-4-3-15(24-16)10-21(2)19(23)17-13-6-11-5-12(8-13)9-14(17)7-11/h3-4,11-14,17H,5-10H2,1-2H3,(H,20,22). The number of nitrogens with zero attached hydrogens (tertiary/aromatic N) is 1. The maximum atomic E-state index is 13.0. The third kappa shape index (κ3) is 2.64. The summed E-state index contributed by atoms with van der Waals surface area (Å²) >= 11 is 0. The van der Waals surface area contributed by atoms with Crippen molar-refractivity contribution in [1.29, 1.82) is 0 Å². The Hall–Kier alpha value is -1.78. The van der Waals surface area contributed by atoms with E-state index >= 15 is 0 Å². The summed E-state index contributed by atoms with van der Waals surface area (Å²) in [5.74, 6) is 4.12. The minimum absolute atomic E-state index is 0.205. The molecule has 130 valence electrons. The molecular formula is C19H26N2O3. The molecule has 4 bridgehead atoms. The average molecular weight is 330 g/mol. The Labute approximate surface area is 142 Å². The molecule has 0 atom stereocenters. The van der Waals surface area contributed by atoms with Gasteiger partial charge in [-0.15, -0.1) is 0 Å². The van der Waals surface area contributed by atoms with E-state index in [2.05, 4.69) is 5.32 Å². The number of carbonyl (C=O) groups excluding carboxylic acids is 2.